The molecule has 0 bridgehead atoms. The van der Waals surface area contributed by atoms with Gasteiger partial charge in [0.05, 0.1) is 11.7 Å². The first-order valence-corrected chi connectivity index (χ1v) is 5.58. The molecular weight excluding hydrogens is 210 g/mol. The highest BCUT2D eigenvalue weighted by atomic mass is 15.1. The zero-order valence-corrected chi connectivity index (χ0v) is 9.59. The van der Waals surface area contributed by atoms with Gasteiger partial charge in [0.25, 0.3) is 0 Å². The van der Waals surface area contributed by atoms with Crippen molar-refractivity contribution in [1.29, 1.82) is 0 Å². The maximum Gasteiger partial charge on any atom is 0.112 e. The minimum Gasteiger partial charge on any atom is -0.374 e. The van der Waals surface area contributed by atoms with Crippen LogP contribution in [-0.4, -0.2) is 16.4 Å². The molecule has 2 aromatic heterocycles. The predicted octanol–water partition coefficient (Wildman–Crippen LogP) is 3.04. The smallest absolute Gasteiger partial charge is 0.112 e. The SMILES string of the molecule is CNc1cc(-c2ccccc2)cc2cncn12. The van der Waals surface area contributed by atoms with E-state index >= 15 is 0 Å². The van der Waals surface area contributed by atoms with Crippen LogP contribution in [0.5, 0.6) is 0 Å². The number of fused-ring (bicyclic) bond motifs is 1. The molecule has 84 valence electrons. The van der Waals surface area contributed by atoms with Crippen molar-refractivity contribution in [2.24, 2.45) is 0 Å². The lowest BCUT2D eigenvalue weighted by atomic mass is 10.1. The molecule has 0 aliphatic rings. The van der Waals surface area contributed by atoms with E-state index in [9.17, 15) is 0 Å². The number of benzene rings is 1. The van der Waals surface area contributed by atoms with Crippen molar-refractivity contribution in [2.45, 2.75) is 0 Å². The molecule has 3 heteroatoms. The monoisotopic (exact) mass is 223 g/mol. The molecule has 0 spiro atoms. The predicted molar refractivity (Wildman–Crippen MR) is 70.2 cm³/mol. The number of hydrogen-bond acceptors (Lipinski definition) is 2. The van der Waals surface area contributed by atoms with Crippen LogP contribution in [0, 0.1) is 0 Å². The van der Waals surface area contributed by atoms with Crippen LogP contribution in [0.4, 0.5) is 5.82 Å². The summed E-state index contributed by atoms with van der Waals surface area (Å²) in [5.41, 5.74) is 3.51. The molecule has 17 heavy (non-hydrogen) atoms. The molecule has 0 radical (unpaired) electrons. The van der Waals surface area contributed by atoms with Gasteiger partial charge in [-0.05, 0) is 23.3 Å². The molecule has 3 aromatic rings. The Morgan fingerprint density at radius 2 is 1.88 bits per heavy atom. The Bertz CT molecular complexity index is 641. The molecule has 3 nitrogen and oxygen atoms in total. The van der Waals surface area contributed by atoms with E-state index in [2.05, 4.69) is 46.7 Å². The normalized spacial score (nSPS) is 10.6. The van der Waals surface area contributed by atoms with Crippen LogP contribution < -0.4 is 5.32 Å². The highest BCUT2D eigenvalue weighted by molar-refractivity contribution is 5.72. The zero-order chi connectivity index (χ0) is 11.7. The van der Waals surface area contributed by atoms with Crippen LogP contribution in [0.2, 0.25) is 0 Å². The summed E-state index contributed by atoms with van der Waals surface area (Å²) >= 11 is 0. The summed E-state index contributed by atoms with van der Waals surface area (Å²) in [5.74, 6) is 1.04. The molecule has 0 saturated carbocycles. The topological polar surface area (TPSA) is 29.3 Å². The highest BCUT2D eigenvalue weighted by Gasteiger charge is 2.04. The van der Waals surface area contributed by atoms with E-state index in [4.69, 9.17) is 0 Å². The maximum atomic E-state index is 4.17. The van der Waals surface area contributed by atoms with E-state index in [1.165, 1.54) is 11.1 Å². The van der Waals surface area contributed by atoms with Crippen molar-refractivity contribution in [1.82, 2.24) is 9.38 Å². The van der Waals surface area contributed by atoms with E-state index in [0.717, 1.165) is 11.3 Å². The number of pyridine rings is 1. The average molecular weight is 223 g/mol. The molecule has 0 aliphatic heterocycles. The molecule has 1 N–H and O–H groups in total. The van der Waals surface area contributed by atoms with Crippen molar-refractivity contribution in [2.75, 3.05) is 12.4 Å². The molecule has 0 fully saturated rings. The zero-order valence-electron chi connectivity index (χ0n) is 9.59. The highest BCUT2D eigenvalue weighted by Crippen LogP contribution is 2.24. The first-order valence-electron chi connectivity index (χ1n) is 5.58. The largest absolute Gasteiger partial charge is 0.374 e. The van der Waals surface area contributed by atoms with Crippen LogP contribution in [-0.2, 0) is 0 Å². The molecule has 0 saturated heterocycles. The minimum absolute atomic E-state index is 1.04. The maximum absolute atomic E-state index is 4.17. The Balaban J connectivity index is 2.24. The summed E-state index contributed by atoms with van der Waals surface area (Å²) in [5, 5.41) is 3.19. The molecule has 0 amide bonds. The van der Waals surface area contributed by atoms with Gasteiger partial charge in [0.2, 0.25) is 0 Å². The van der Waals surface area contributed by atoms with Crippen LogP contribution in [0.1, 0.15) is 0 Å². The van der Waals surface area contributed by atoms with Gasteiger partial charge >= 0.3 is 0 Å². The lowest BCUT2D eigenvalue weighted by molar-refractivity contribution is 1.14. The Hall–Kier alpha value is -2.29. The van der Waals surface area contributed by atoms with Crippen molar-refractivity contribution < 1.29 is 0 Å². The summed E-state index contributed by atoms with van der Waals surface area (Å²) in [7, 11) is 1.92. The summed E-state index contributed by atoms with van der Waals surface area (Å²) in [6, 6.07) is 14.6. The number of nitrogens with one attached hydrogen (secondary N) is 1. The molecule has 3 rings (SSSR count). The molecular formula is C14H13N3. The van der Waals surface area contributed by atoms with Crippen molar-refractivity contribution >= 4 is 11.3 Å². The van der Waals surface area contributed by atoms with Crippen LogP contribution in [0.25, 0.3) is 16.6 Å². The lowest BCUT2D eigenvalue weighted by Crippen LogP contribution is -1.97. The van der Waals surface area contributed by atoms with Gasteiger partial charge in [0.1, 0.15) is 12.1 Å². The van der Waals surface area contributed by atoms with Gasteiger partial charge in [0, 0.05) is 7.05 Å². The number of rotatable bonds is 2. The van der Waals surface area contributed by atoms with E-state index < -0.39 is 0 Å². The van der Waals surface area contributed by atoms with Crippen LogP contribution in [0.15, 0.2) is 55.0 Å². The fourth-order valence-electron chi connectivity index (χ4n) is 2.02. The lowest BCUT2D eigenvalue weighted by Gasteiger charge is -2.08. The van der Waals surface area contributed by atoms with E-state index in [1.807, 2.05) is 30.0 Å². The number of anilines is 1. The summed E-state index contributed by atoms with van der Waals surface area (Å²) < 4.78 is 2.03. The Morgan fingerprint density at radius 1 is 1.06 bits per heavy atom. The minimum atomic E-state index is 1.04. The first-order chi connectivity index (χ1) is 8.38. The van der Waals surface area contributed by atoms with Crippen molar-refractivity contribution in [3.05, 3.63) is 55.0 Å². The van der Waals surface area contributed by atoms with E-state index in [-0.39, 0.29) is 0 Å². The number of hydrogen-bond donors (Lipinski definition) is 1. The van der Waals surface area contributed by atoms with Gasteiger partial charge in [-0.25, -0.2) is 4.98 Å². The average Bonchev–Trinajstić information content (AvgIpc) is 2.86. The third kappa shape index (κ3) is 1.65. The van der Waals surface area contributed by atoms with Gasteiger partial charge in [-0.3, -0.25) is 4.40 Å². The number of nitrogens with zero attached hydrogens (tertiary/aromatic N) is 2. The van der Waals surface area contributed by atoms with E-state index in [1.54, 1.807) is 0 Å². The van der Waals surface area contributed by atoms with Gasteiger partial charge in [-0.15, -0.1) is 0 Å². The fourth-order valence-corrected chi connectivity index (χ4v) is 2.02. The van der Waals surface area contributed by atoms with Gasteiger partial charge in [0.15, 0.2) is 0 Å². The molecule has 2 heterocycles. The standard InChI is InChI=1S/C14H13N3/c1-15-14-8-12(11-5-3-2-4-6-11)7-13-9-16-10-17(13)14/h2-10,15H,1H3. The number of aromatic nitrogens is 2. The second-order valence-electron chi connectivity index (χ2n) is 3.93. The molecule has 0 aliphatic carbocycles. The van der Waals surface area contributed by atoms with Gasteiger partial charge in [-0.2, -0.15) is 0 Å². The van der Waals surface area contributed by atoms with E-state index in [0.29, 0.717) is 0 Å². The molecule has 0 unspecified atom stereocenters. The van der Waals surface area contributed by atoms with Crippen LogP contribution >= 0.6 is 0 Å². The second-order valence-corrected chi connectivity index (χ2v) is 3.93. The third-order valence-electron chi connectivity index (χ3n) is 2.89. The van der Waals surface area contributed by atoms with Crippen molar-refractivity contribution in [3.63, 3.8) is 0 Å². The Morgan fingerprint density at radius 3 is 2.65 bits per heavy atom. The first kappa shape index (κ1) is 9.90. The van der Waals surface area contributed by atoms with Crippen LogP contribution in [0.3, 0.4) is 0 Å². The van der Waals surface area contributed by atoms with Gasteiger partial charge < -0.3 is 5.32 Å². The third-order valence-corrected chi connectivity index (χ3v) is 2.89. The second kappa shape index (κ2) is 3.94. The number of imidazole rings is 1. The van der Waals surface area contributed by atoms with Gasteiger partial charge in [-0.1, -0.05) is 30.3 Å². The Labute approximate surface area is 99.7 Å². The molecule has 0 atom stereocenters. The summed E-state index contributed by atoms with van der Waals surface area (Å²) in [6.45, 7) is 0. The van der Waals surface area contributed by atoms with Crippen molar-refractivity contribution in [3.8, 4) is 11.1 Å². The summed E-state index contributed by atoms with van der Waals surface area (Å²) in [4.78, 5) is 4.17. The summed E-state index contributed by atoms with van der Waals surface area (Å²) in [6.07, 6.45) is 3.68. The molecule has 1 aromatic carbocycles. The Kier molecular flexibility index (Phi) is 2.29. The fraction of sp³-hybridized carbons (Fsp3) is 0.0714. The quantitative estimate of drug-likeness (QED) is 0.723.